The van der Waals surface area contributed by atoms with Crippen molar-refractivity contribution in [3.05, 3.63) is 48.0 Å². The zero-order valence-corrected chi connectivity index (χ0v) is 12.8. The lowest BCUT2D eigenvalue weighted by Gasteiger charge is -2.11. The Labute approximate surface area is 131 Å². The van der Waals surface area contributed by atoms with Crippen LogP contribution in [0.25, 0.3) is 0 Å². The lowest BCUT2D eigenvalue weighted by Crippen LogP contribution is -2.00. The van der Waals surface area contributed by atoms with Gasteiger partial charge in [0, 0.05) is 24.7 Å². The van der Waals surface area contributed by atoms with Crippen LogP contribution in [-0.2, 0) is 6.54 Å². The van der Waals surface area contributed by atoms with E-state index in [4.69, 9.17) is 14.2 Å². The summed E-state index contributed by atoms with van der Waals surface area (Å²) < 4.78 is 16.8. The fraction of sp³-hybridized carbons (Fsp3) is 0.333. The van der Waals surface area contributed by atoms with Crippen molar-refractivity contribution in [2.24, 2.45) is 0 Å². The summed E-state index contributed by atoms with van der Waals surface area (Å²) in [6, 6.07) is 14.1. The lowest BCUT2D eigenvalue weighted by molar-refractivity contribution is 0.297. The number of ether oxygens (including phenoxy) is 3. The van der Waals surface area contributed by atoms with Gasteiger partial charge < -0.3 is 19.5 Å². The number of hydrogen-bond acceptors (Lipinski definition) is 4. The summed E-state index contributed by atoms with van der Waals surface area (Å²) in [5.41, 5.74) is 2.23. The summed E-state index contributed by atoms with van der Waals surface area (Å²) in [5.74, 6) is 2.54. The molecule has 0 spiro atoms. The smallest absolute Gasteiger partial charge is 0.163 e. The Morgan fingerprint density at radius 1 is 1.00 bits per heavy atom. The van der Waals surface area contributed by atoms with Gasteiger partial charge in [0.15, 0.2) is 11.5 Å². The fourth-order valence-electron chi connectivity index (χ4n) is 2.35. The van der Waals surface area contributed by atoms with E-state index in [1.807, 2.05) is 37.3 Å². The van der Waals surface area contributed by atoms with E-state index in [2.05, 4.69) is 17.4 Å². The largest absolute Gasteiger partial charge is 0.494 e. The predicted molar refractivity (Wildman–Crippen MR) is 87.0 cm³/mol. The summed E-state index contributed by atoms with van der Waals surface area (Å²) in [6.07, 6.45) is 0.920. The molecule has 0 aliphatic carbocycles. The SMILES string of the molecule is CCOc1ccc(CNc2ccc3c(c2)OCCCO3)cc1. The van der Waals surface area contributed by atoms with E-state index < -0.39 is 0 Å². The molecule has 1 N–H and O–H groups in total. The van der Waals surface area contributed by atoms with Gasteiger partial charge in [0.25, 0.3) is 0 Å². The minimum atomic E-state index is 0.689. The Hall–Kier alpha value is -2.36. The first-order valence-electron chi connectivity index (χ1n) is 7.70. The standard InChI is InChI=1S/C18H21NO3/c1-2-20-16-7-4-14(5-8-16)13-19-15-6-9-17-18(12-15)22-11-3-10-21-17/h4-9,12,19H,2-3,10-11,13H2,1H3. The zero-order chi connectivity index (χ0) is 15.2. The van der Waals surface area contributed by atoms with Gasteiger partial charge in [0.2, 0.25) is 0 Å². The van der Waals surface area contributed by atoms with Gasteiger partial charge in [-0.1, -0.05) is 12.1 Å². The Morgan fingerprint density at radius 2 is 1.77 bits per heavy atom. The van der Waals surface area contributed by atoms with E-state index >= 15 is 0 Å². The van der Waals surface area contributed by atoms with Crippen molar-refractivity contribution < 1.29 is 14.2 Å². The van der Waals surface area contributed by atoms with E-state index in [0.29, 0.717) is 19.8 Å². The molecule has 0 saturated heterocycles. The molecular formula is C18H21NO3. The monoisotopic (exact) mass is 299 g/mol. The van der Waals surface area contributed by atoms with E-state index in [1.54, 1.807) is 0 Å². The third kappa shape index (κ3) is 3.64. The van der Waals surface area contributed by atoms with Crippen molar-refractivity contribution in [2.45, 2.75) is 19.9 Å². The van der Waals surface area contributed by atoms with Crippen LogP contribution < -0.4 is 19.5 Å². The van der Waals surface area contributed by atoms with Crippen LogP contribution in [0.1, 0.15) is 18.9 Å². The molecule has 4 nitrogen and oxygen atoms in total. The minimum absolute atomic E-state index is 0.689. The van der Waals surface area contributed by atoms with Crippen LogP contribution in [0.5, 0.6) is 17.2 Å². The molecule has 2 aromatic carbocycles. The molecule has 0 saturated carbocycles. The van der Waals surface area contributed by atoms with Crippen LogP contribution in [0.4, 0.5) is 5.69 Å². The normalized spacial score (nSPS) is 13.3. The molecule has 2 aromatic rings. The van der Waals surface area contributed by atoms with Gasteiger partial charge in [-0.25, -0.2) is 0 Å². The molecule has 0 aromatic heterocycles. The maximum Gasteiger partial charge on any atom is 0.163 e. The summed E-state index contributed by atoms with van der Waals surface area (Å²) in [6.45, 7) is 4.85. The molecular weight excluding hydrogens is 278 g/mol. The number of fused-ring (bicyclic) bond motifs is 1. The van der Waals surface area contributed by atoms with Gasteiger partial charge >= 0.3 is 0 Å². The van der Waals surface area contributed by atoms with Gasteiger partial charge in [-0.2, -0.15) is 0 Å². The maximum absolute atomic E-state index is 5.70. The molecule has 0 fully saturated rings. The van der Waals surface area contributed by atoms with Crippen molar-refractivity contribution >= 4 is 5.69 Å². The highest BCUT2D eigenvalue weighted by molar-refractivity contribution is 5.55. The second-order valence-corrected chi connectivity index (χ2v) is 5.14. The summed E-state index contributed by atoms with van der Waals surface area (Å²) in [4.78, 5) is 0. The van der Waals surface area contributed by atoms with Gasteiger partial charge in [-0.3, -0.25) is 0 Å². The first-order chi connectivity index (χ1) is 10.8. The van der Waals surface area contributed by atoms with Crippen LogP contribution in [0.2, 0.25) is 0 Å². The number of hydrogen-bond donors (Lipinski definition) is 1. The first kappa shape index (κ1) is 14.6. The van der Waals surface area contributed by atoms with E-state index in [1.165, 1.54) is 5.56 Å². The first-order valence-corrected chi connectivity index (χ1v) is 7.70. The number of anilines is 1. The quantitative estimate of drug-likeness (QED) is 0.910. The topological polar surface area (TPSA) is 39.7 Å². The molecule has 0 radical (unpaired) electrons. The Bertz CT molecular complexity index is 610. The second kappa shape index (κ2) is 7.07. The number of nitrogens with one attached hydrogen (secondary N) is 1. The van der Waals surface area contributed by atoms with Crippen LogP contribution in [-0.4, -0.2) is 19.8 Å². The van der Waals surface area contributed by atoms with Gasteiger partial charge in [0.1, 0.15) is 5.75 Å². The summed E-state index contributed by atoms with van der Waals surface area (Å²) >= 11 is 0. The van der Waals surface area contributed by atoms with Crippen molar-refractivity contribution in [3.63, 3.8) is 0 Å². The average molecular weight is 299 g/mol. The summed E-state index contributed by atoms with van der Waals surface area (Å²) in [5, 5.41) is 3.41. The minimum Gasteiger partial charge on any atom is -0.494 e. The third-order valence-electron chi connectivity index (χ3n) is 3.48. The van der Waals surface area contributed by atoms with Crippen molar-refractivity contribution in [2.75, 3.05) is 25.1 Å². The van der Waals surface area contributed by atoms with Crippen molar-refractivity contribution in [3.8, 4) is 17.2 Å². The number of benzene rings is 2. The molecule has 3 rings (SSSR count). The van der Waals surface area contributed by atoms with E-state index in [-0.39, 0.29) is 0 Å². The van der Waals surface area contributed by atoms with E-state index in [0.717, 1.165) is 35.9 Å². The van der Waals surface area contributed by atoms with Gasteiger partial charge in [-0.15, -0.1) is 0 Å². The third-order valence-corrected chi connectivity index (χ3v) is 3.48. The highest BCUT2D eigenvalue weighted by Crippen LogP contribution is 2.32. The molecule has 4 heteroatoms. The molecule has 0 unspecified atom stereocenters. The van der Waals surface area contributed by atoms with Crippen molar-refractivity contribution in [1.82, 2.24) is 0 Å². The molecule has 1 aliphatic heterocycles. The highest BCUT2D eigenvalue weighted by Gasteiger charge is 2.10. The van der Waals surface area contributed by atoms with Crippen LogP contribution >= 0.6 is 0 Å². The molecule has 1 aliphatic rings. The zero-order valence-electron chi connectivity index (χ0n) is 12.8. The lowest BCUT2D eigenvalue weighted by atomic mass is 10.2. The van der Waals surface area contributed by atoms with Crippen LogP contribution in [0, 0.1) is 0 Å². The maximum atomic E-state index is 5.70. The van der Waals surface area contributed by atoms with Crippen LogP contribution in [0.15, 0.2) is 42.5 Å². The average Bonchev–Trinajstić information content (AvgIpc) is 2.79. The van der Waals surface area contributed by atoms with Gasteiger partial charge in [0.05, 0.1) is 19.8 Å². The molecule has 1 heterocycles. The second-order valence-electron chi connectivity index (χ2n) is 5.14. The molecule has 0 amide bonds. The highest BCUT2D eigenvalue weighted by atomic mass is 16.5. The number of rotatable bonds is 5. The molecule has 116 valence electrons. The predicted octanol–water partition coefficient (Wildman–Crippen LogP) is 3.86. The summed E-state index contributed by atoms with van der Waals surface area (Å²) in [7, 11) is 0. The Kier molecular flexibility index (Phi) is 4.68. The Morgan fingerprint density at radius 3 is 2.55 bits per heavy atom. The molecule has 0 atom stereocenters. The fourth-order valence-corrected chi connectivity index (χ4v) is 2.35. The van der Waals surface area contributed by atoms with Gasteiger partial charge in [-0.05, 0) is 36.8 Å². The molecule has 0 bridgehead atoms. The molecule has 22 heavy (non-hydrogen) atoms. The van der Waals surface area contributed by atoms with Crippen molar-refractivity contribution in [1.29, 1.82) is 0 Å². The van der Waals surface area contributed by atoms with E-state index in [9.17, 15) is 0 Å². The Balaban J connectivity index is 1.62. The van der Waals surface area contributed by atoms with Crippen LogP contribution in [0.3, 0.4) is 0 Å².